The molecule has 1 rings (SSSR count). The third kappa shape index (κ3) is 5.43. The van der Waals surface area contributed by atoms with Crippen molar-refractivity contribution < 1.29 is 9.59 Å². The van der Waals surface area contributed by atoms with E-state index in [1.807, 2.05) is 13.8 Å². The highest BCUT2D eigenvalue weighted by Crippen LogP contribution is 2.05. The maximum Gasteiger partial charge on any atom is 0.251 e. The number of nitrogens with one attached hydrogen (secondary N) is 2. The van der Waals surface area contributed by atoms with Crippen molar-refractivity contribution in [1.29, 1.82) is 0 Å². The van der Waals surface area contributed by atoms with E-state index in [9.17, 15) is 9.59 Å². The van der Waals surface area contributed by atoms with Gasteiger partial charge in [-0.15, -0.1) is 0 Å². The summed E-state index contributed by atoms with van der Waals surface area (Å²) in [5.74, 6) is 0.229. The minimum Gasteiger partial charge on any atom is -0.352 e. The molecule has 0 aliphatic heterocycles. The van der Waals surface area contributed by atoms with Crippen molar-refractivity contribution in [3.05, 3.63) is 35.4 Å². The molecule has 0 aliphatic carbocycles. The minimum absolute atomic E-state index is 0.0902. The Labute approximate surface area is 121 Å². The maximum absolute atomic E-state index is 11.8. The van der Waals surface area contributed by atoms with Gasteiger partial charge in [0.05, 0.1) is 0 Å². The monoisotopic (exact) mass is 276 g/mol. The average molecular weight is 276 g/mol. The van der Waals surface area contributed by atoms with Crippen molar-refractivity contribution in [2.75, 3.05) is 13.1 Å². The molecule has 0 saturated heterocycles. The van der Waals surface area contributed by atoms with Crippen LogP contribution in [0.4, 0.5) is 0 Å². The molecule has 0 aliphatic rings. The molecule has 2 amide bonds. The summed E-state index contributed by atoms with van der Waals surface area (Å²) in [6.07, 6.45) is 2.02. The first-order valence-corrected chi connectivity index (χ1v) is 7.21. The number of carbonyl (C=O) groups is 2. The Hall–Kier alpha value is -1.84. The van der Waals surface area contributed by atoms with Crippen molar-refractivity contribution in [1.82, 2.24) is 10.6 Å². The molecule has 0 heterocycles. The van der Waals surface area contributed by atoms with Crippen LogP contribution in [0.5, 0.6) is 0 Å². The molecule has 0 bridgehead atoms. The molecule has 1 aromatic carbocycles. The Morgan fingerprint density at radius 2 is 1.50 bits per heavy atom. The van der Waals surface area contributed by atoms with Gasteiger partial charge in [0.25, 0.3) is 11.8 Å². The number of unbranched alkanes of at least 4 members (excludes halogenated alkanes) is 1. The van der Waals surface area contributed by atoms with Gasteiger partial charge in [0.2, 0.25) is 0 Å². The van der Waals surface area contributed by atoms with Gasteiger partial charge >= 0.3 is 0 Å². The second-order valence-corrected chi connectivity index (χ2v) is 5.29. The van der Waals surface area contributed by atoms with Gasteiger partial charge in [-0.05, 0) is 36.6 Å². The molecule has 0 unspecified atom stereocenters. The van der Waals surface area contributed by atoms with Crippen LogP contribution in [0.25, 0.3) is 0 Å². The van der Waals surface area contributed by atoms with Gasteiger partial charge in [0.1, 0.15) is 0 Å². The quantitative estimate of drug-likeness (QED) is 0.752. The van der Waals surface area contributed by atoms with E-state index >= 15 is 0 Å². The molecule has 0 radical (unpaired) electrons. The maximum atomic E-state index is 11.8. The van der Waals surface area contributed by atoms with Gasteiger partial charge in [0.15, 0.2) is 0 Å². The fourth-order valence-corrected chi connectivity index (χ4v) is 1.65. The highest BCUT2D eigenvalue weighted by molar-refractivity contribution is 5.97. The lowest BCUT2D eigenvalue weighted by molar-refractivity contribution is 0.0939. The summed E-state index contributed by atoms with van der Waals surface area (Å²) in [6, 6.07) is 6.74. The van der Waals surface area contributed by atoms with E-state index in [4.69, 9.17) is 0 Å². The summed E-state index contributed by atoms with van der Waals surface area (Å²) in [5, 5.41) is 5.70. The fraction of sp³-hybridized carbons (Fsp3) is 0.500. The number of hydrogen-bond acceptors (Lipinski definition) is 2. The van der Waals surface area contributed by atoms with Crippen molar-refractivity contribution in [2.24, 2.45) is 5.92 Å². The van der Waals surface area contributed by atoms with Crippen LogP contribution in [0.15, 0.2) is 24.3 Å². The van der Waals surface area contributed by atoms with Crippen LogP contribution in [-0.4, -0.2) is 24.9 Å². The standard InChI is InChI=1S/C16H24N2O2/c1-4-5-10-17-15(19)13-6-8-14(9-7-13)16(20)18-11-12(2)3/h6-9,12H,4-5,10-11H2,1-3H3,(H,17,19)(H,18,20). The molecule has 4 heteroatoms. The summed E-state index contributed by atoms with van der Waals surface area (Å²) in [4.78, 5) is 23.6. The van der Waals surface area contributed by atoms with E-state index in [1.165, 1.54) is 0 Å². The Balaban J connectivity index is 2.55. The number of rotatable bonds is 7. The predicted octanol–water partition coefficient (Wildman–Crippen LogP) is 2.60. The summed E-state index contributed by atoms with van der Waals surface area (Å²) in [6.45, 7) is 7.51. The van der Waals surface area contributed by atoms with Crippen LogP contribution < -0.4 is 10.6 Å². The highest BCUT2D eigenvalue weighted by atomic mass is 16.2. The number of carbonyl (C=O) groups excluding carboxylic acids is 2. The van der Waals surface area contributed by atoms with Crippen molar-refractivity contribution in [2.45, 2.75) is 33.6 Å². The lowest BCUT2D eigenvalue weighted by atomic mass is 10.1. The van der Waals surface area contributed by atoms with Gasteiger partial charge in [0, 0.05) is 24.2 Å². The van der Waals surface area contributed by atoms with E-state index in [0.717, 1.165) is 12.8 Å². The molecule has 110 valence electrons. The molecular weight excluding hydrogens is 252 g/mol. The molecule has 0 atom stereocenters. The Morgan fingerprint density at radius 3 is 1.95 bits per heavy atom. The topological polar surface area (TPSA) is 58.2 Å². The summed E-state index contributed by atoms with van der Waals surface area (Å²) in [5.41, 5.74) is 1.16. The summed E-state index contributed by atoms with van der Waals surface area (Å²) >= 11 is 0. The first-order valence-electron chi connectivity index (χ1n) is 7.21. The Morgan fingerprint density at radius 1 is 1.00 bits per heavy atom. The zero-order valence-corrected chi connectivity index (χ0v) is 12.5. The second kappa shape index (κ2) is 8.35. The lowest BCUT2D eigenvalue weighted by Crippen LogP contribution is -2.27. The Kier molecular flexibility index (Phi) is 6.77. The first-order chi connectivity index (χ1) is 9.54. The average Bonchev–Trinajstić information content (AvgIpc) is 2.45. The molecule has 0 spiro atoms. The smallest absolute Gasteiger partial charge is 0.251 e. The van der Waals surface area contributed by atoms with Crippen LogP contribution >= 0.6 is 0 Å². The van der Waals surface area contributed by atoms with E-state index in [-0.39, 0.29) is 11.8 Å². The third-order valence-corrected chi connectivity index (χ3v) is 2.90. The zero-order chi connectivity index (χ0) is 15.0. The molecule has 0 fully saturated rings. The molecule has 0 aromatic heterocycles. The van der Waals surface area contributed by atoms with E-state index in [1.54, 1.807) is 24.3 Å². The molecule has 2 N–H and O–H groups in total. The fourth-order valence-electron chi connectivity index (χ4n) is 1.65. The van der Waals surface area contributed by atoms with Crippen LogP contribution in [-0.2, 0) is 0 Å². The van der Waals surface area contributed by atoms with E-state index in [0.29, 0.717) is 30.1 Å². The van der Waals surface area contributed by atoms with Crippen molar-refractivity contribution in [3.8, 4) is 0 Å². The summed E-state index contributed by atoms with van der Waals surface area (Å²) < 4.78 is 0. The van der Waals surface area contributed by atoms with Crippen LogP contribution in [0.1, 0.15) is 54.3 Å². The molecule has 1 aromatic rings. The summed E-state index contributed by atoms with van der Waals surface area (Å²) in [7, 11) is 0. The van der Waals surface area contributed by atoms with Crippen LogP contribution in [0.3, 0.4) is 0 Å². The SMILES string of the molecule is CCCCNC(=O)c1ccc(C(=O)NCC(C)C)cc1. The first kappa shape index (κ1) is 16.2. The predicted molar refractivity (Wildman–Crippen MR) is 80.9 cm³/mol. The minimum atomic E-state index is -0.100. The zero-order valence-electron chi connectivity index (χ0n) is 12.5. The number of benzene rings is 1. The van der Waals surface area contributed by atoms with E-state index < -0.39 is 0 Å². The van der Waals surface area contributed by atoms with Crippen molar-refractivity contribution >= 4 is 11.8 Å². The van der Waals surface area contributed by atoms with Gasteiger partial charge < -0.3 is 10.6 Å². The van der Waals surface area contributed by atoms with Gasteiger partial charge in [-0.2, -0.15) is 0 Å². The number of hydrogen-bond donors (Lipinski definition) is 2. The molecule has 20 heavy (non-hydrogen) atoms. The Bertz CT molecular complexity index is 438. The van der Waals surface area contributed by atoms with Crippen molar-refractivity contribution in [3.63, 3.8) is 0 Å². The van der Waals surface area contributed by atoms with E-state index in [2.05, 4.69) is 17.6 Å². The highest BCUT2D eigenvalue weighted by Gasteiger charge is 2.08. The van der Waals surface area contributed by atoms with Gasteiger partial charge in [-0.3, -0.25) is 9.59 Å². The molecular formula is C16H24N2O2. The van der Waals surface area contributed by atoms with Gasteiger partial charge in [-0.1, -0.05) is 27.2 Å². The van der Waals surface area contributed by atoms with Crippen LogP contribution in [0.2, 0.25) is 0 Å². The molecule has 0 saturated carbocycles. The van der Waals surface area contributed by atoms with Gasteiger partial charge in [-0.25, -0.2) is 0 Å². The second-order valence-electron chi connectivity index (χ2n) is 5.29. The normalized spacial score (nSPS) is 10.4. The number of amides is 2. The third-order valence-electron chi connectivity index (χ3n) is 2.90. The lowest BCUT2D eigenvalue weighted by Gasteiger charge is -2.08. The largest absolute Gasteiger partial charge is 0.352 e. The molecule has 4 nitrogen and oxygen atoms in total. The van der Waals surface area contributed by atoms with Crippen LogP contribution in [0, 0.1) is 5.92 Å².